The summed E-state index contributed by atoms with van der Waals surface area (Å²) in [6.07, 6.45) is 3.82. The third-order valence-corrected chi connectivity index (χ3v) is 4.37. The van der Waals surface area contributed by atoms with Crippen molar-refractivity contribution in [2.75, 3.05) is 6.54 Å². The second-order valence-electron chi connectivity index (χ2n) is 6.13. The maximum atomic E-state index is 12.6. The van der Waals surface area contributed by atoms with Gasteiger partial charge in [0.25, 0.3) is 0 Å². The van der Waals surface area contributed by atoms with Gasteiger partial charge >= 0.3 is 0 Å². The third-order valence-electron chi connectivity index (χ3n) is 4.37. The van der Waals surface area contributed by atoms with Crippen molar-refractivity contribution in [1.82, 2.24) is 20.4 Å². The van der Waals surface area contributed by atoms with E-state index in [1.54, 1.807) is 0 Å². The number of amides is 1. The smallest absolute Gasteiger partial charge is 0.237 e. The lowest BCUT2D eigenvalue weighted by molar-refractivity contribution is -0.128. The summed E-state index contributed by atoms with van der Waals surface area (Å²) >= 11 is 0. The molecule has 1 aromatic heterocycles. The van der Waals surface area contributed by atoms with Gasteiger partial charge in [-0.05, 0) is 24.9 Å². The number of nitrogens with zero attached hydrogens (tertiary/aromatic N) is 3. The number of nitrogens with one attached hydrogen (secondary N) is 1. The quantitative estimate of drug-likeness (QED) is 0.881. The van der Waals surface area contributed by atoms with Gasteiger partial charge in [0, 0.05) is 13.0 Å². The Morgan fingerprint density at radius 3 is 2.79 bits per heavy atom. The zero-order valence-electron chi connectivity index (χ0n) is 14.1. The molecule has 0 radical (unpaired) electrons. The predicted octanol–water partition coefficient (Wildman–Crippen LogP) is 2.30. The van der Waals surface area contributed by atoms with Crippen LogP contribution in [0.1, 0.15) is 43.5 Å². The van der Waals surface area contributed by atoms with Crippen molar-refractivity contribution in [1.29, 1.82) is 0 Å². The van der Waals surface area contributed by atoms with Crippen LogP contribution in [0.3, 0.4) is 0 Å². The van der Waals surface area contributed by atoms with Gasteiger partial charge < -0.3 is 9.73 Å². The van der Waals surface area contributed by atoms with Crippen LogP contribution in [0.2, 0.25) is 0 Å². The van der Waals surface area contributed by atoms with E-state index in [2.05, 4.69) is 32.5 Å². The number of hydrogen-bond acceptors (Lipinski definition) is 5. The van der Waals surface area contributed by atoms with Gasteiger partial charge in [0.05, 0.1) is 12.6 Å². The van der Waals surface area contributed by atoms with Crippen LogP contribution >= 0.6 is 0 Å². The van der Waals surface area contributed by atoms with Crippen molar-refractivity contribution in [2.24, 2.45) is 0 Å². The van der Waals surface area contributed by atoms with Crippen LogP contribution in [0.15, 0.2) is 34.7 Å². The standard InChI is InChI=1S/C18H24N4O2/c1-2-16-20-21-17(24-16)12-19-18(23)15-10-6-7-11-22(15)13-14-8-4-3-5-9-14/h3-5,8-9,15H,2,6-7,10-13H2,1H3,(H,19,23)/t15-/m0/s1. The molecule has 6 nitrogen and oxygen atoms in total. The predicted molar refractivity (Wildman–Crippen MR) is 90.0 cm³/mol. The molecule has 1 saturated heterocycles. The van der Waals surface area contributed by atoms with Gasteiger partial charge in [0.2, 0.25) is 17.7 Å². The molecule has 1 fully saturated rings. The van der Waals surface area contributed by atoms with Crippen LogP contribution in [0.25, 0.3) is 0 Å². The fraction of sp³-hybridized carbons (Fsp3) is 0.500. The summed E-state index contributed by atoms with van der Waals surface area (Å²) in [6.45, 7) is 4.01. The lowest BCUT2D eigenvalue weighted by atomic mass is 10.0. The van der Waals surface area contributed by atoms with Gasteiger partial charge in [-0.3, -0.25) is 9.69 Å². The average Bonchev–Trinajstić information content (AvgIpc) is 3.09. The van der Waals surface area contributed by atoms with E-state index in [-0.39, 0.29) is 11.9 Å². The molecule has 24 heavy (non-hydrogen) atoms. The molecule has 1 aliphatic rings. The average molecular weight is 328 g/mol. The minimum Gasteiger partial charge on any atom is -0.423 e. The zero-order chi connectivity index (χ0) is 16.8. The molecule has 128 valence electrons. The number of aryl methyl sites for hydroxylation is 1. The Labute approximate surface area is 142 Å². The first kappa shape index (κ1) is 16.6. The first-order valence-corrected chi connectivity index (χ1v) is 8.63. The van der Waals surface area contributed by atoms with Gasteiger partial charge in [-0.25, -0.2) is 0 Å². The molecule has 1 N–H and O–H groups in total. The number of hydrogen-bond donors (Lipinski definition) is 1. The van der Waals surface area contributed by atoms with Crippen molar-refractivity contribution in [3.8, 4) is 0 Å². The number of carbonyl (C=O) groups is 1. The molecule has 0 bridgehead atoms. The van der Waals surface area contributed by atoms with E-state index in [0.29, 0.717) is 24.7 Å². The summed E-state index contributed by atoms with van der Waals surface area (Å²) in [4.78, 5) is 14.9. The topological polar surface area (TPSA) is 71.3 Å². The SMILES string of the molecule is CCc1nnc(CNC(=O)[C@@H]2CCCCN2Cc2ccccc2)o1. The number of carbonyl (C=O) groups excluding carboxylic acids is 1. The number of aromatic nitrogens is 2. The second-order valence-corrected chi connectivity index (χ2v) is 6.13. The molecule has 0 saturated carbocycles. The third kappa shape index (κ3) is 4.20. The summed E-state index contributed by atoms with van der Waals surface area (Å²) in [5, 5.41) is 10.8. The van der Waals surface area contributed by atoms with Crippen LogP contribution < -0.4 is 5.32 Å². The van der Waals surface area contributed by atoms with Crippen molar-refractivity contribution >= 4 is 5.91 Å². The Kier molecular flexibility index (Phi) is 5.59. The summed E-state index contributed by atoms with van der Waals surface area (Å²) in [5.74, 6) is 1.11. The van der Waals surface area contributed by atoms with E-state index in [1.807, 2.05) is 25.1 Å². The molecule has 1 amide bonds. The van der Waals surface area contributed by atoms with E-state index in [9.17, 15) is 4.79 Å². The number of benzene rings is 1. The van der Waals surface area contributed by atoms with E-state index < -0.39 is 0 Å². The molecule has 0 spiro atoms. The van der Waals surface area contributed by atoms with Gasteiger partial charge in [-0.15, -0.1) is 10.2 Å². The van der Waals surface area contributed by atoms with Crippen molar-refractivity contribution < 1.29 is 9.21 Å². The largest absolute Gasteiger partial charge is 0.423 e. The Morgan fingerprint density at radius 2 is 2.04 bits per heavy atom. The Hall–Kier alpha value is -2.21. The summed E-state index contributed by atoms with van der Waals surface area (Å²) < 4.78 is 5.44. The molecule has 0 aliphatic carbocycles. The van der Waals surface area contributed by atoms with E-state index in [4.69, 9.17) is 4.42 Å². The molecular weight excluding hydrogens is 304 g/mol. The number of rotatable bonds is 6. The number of piperidine rings is 1. The summed E-state index contributed by atoms with van der Waals surface area (Å²) in [7, 11) is 0. The Bertz CT molecular complexity index is 656. The van der Waals surface area contributed by atoms with Crippen LogP contribution in [-0.4, -0.2) is 33.6 Å². The monoisotopic (exact) mass is 328 g/mol. The lowest BCUT2D eigenvalue weighted by Gasteiger charge is -2.34. The van der Waals surface area contributed by atoms with Crippen LogP contribution in [-0.2, 0) is 24.3 Å². The van der Waals surface area contributed by atoms with Crippen molar-refractivity contribution in [2.45, 2.75) is 51.7 Å². The second kappa shape index (κ2) is 8.06. The van der Waals surface area contributed by atoms with Crippen LogP contribution in [0.5, 0.6) is 0 Å². The molecule has 2 heterocycles. The van der Waals surface area contributed by atoms with E-state index in [1.165, 1.54) is 5.56 Å². The van der Waals surface area contributed by atoms with Gasteiger partial charge in [-0.2, -0.15) is 0 Å². The molecule has 3 rings (SSSR count). The van der Waals surface area contributed by atoms with Crippen molar-refractivity contribution in [3.63, 3.8) is 0 Å². The van der Waals surface area contributed by atoms with Crippen molar-refractivity contribution in [3.05, 3.63) is 47.7 Å². The first-order chi connectivity index (χ1) is 11.8. The highest BCUT2D eigenvalue weighted by atomic mass is 16.4. The minimum atomic E-state index is -0.0903. The lowest BCUT2D eigenvalue weighted by Crippen LogP contribution is -2.48. The van der Waals surface area contributed by atoms with Crippen LogP contribution in [0.4, 0.5) is 0 Å². The number of likely N-dealkylation sites (tertiary alicyclic amines) is 1. The summed E-state index contributed by atoms with van der Waals surface area (Å²) in [6, 6.07) is 10.2. The maximum Gasteiger partial charge on any atom is 0.237 e. The fourth-order valence-corrected chi connectivity index (χ4v) is 3.08. The highest BCUT2D eigenvalue weighted by Crippen LogP contribution is 2.20. The van der Waals surface area contributed by atoms with Gasteiger partial charge in [-0.1, -0.05) is 43.7 Å². The highest BCUT2D eigenvalue weighted by Gasteiger charge is 2.28. The van der Waals surface area contributed by atoms with Gasteiger partial charge in [0.1, 0.15) is 0 Å². The zero-order valence-corrected chi connectivity index (χ0v) is 14.1. The first-order valence-electron chi connectivity index (χ1n) is 8.63. The molecule has 0 unspecified atom stereocenters. The normalized spacial score (nSPS) is 18.5. The highest BCUT2D eigenvalue weighted by molar-refractivity contribution is 5.81. The van der Waals surface area contributed by atoms with Gasteiger partial charge in [0.15, 0.2) is 0 Å². The van der Waals surface area contributed by atoms with Crippen LogP contribution in [0, 0.1) is 0 Å². The minimum absolute atomic E-state index is 0.0434. The van der Waals surface area contributed by atoms with E-state index >= 15 is 0 Å². The molecular formula is C18H24N4O2. The molecule has 1 aromatic carbocycles. The molecule has 1 aliphatic heterocycles. The summed E-state index contributed by atoms with van der Waals surface area (Å²) in [5.41, 5.74) is 1.24. The Balaban J connectivity index is 1.58. The molecule has 2 aromatic rings. The Morgan fingerprint density at radius 1 is 1.25 bits per heavy atom. The maximum absolute atomic E-state index is 12.6. The fourth-order valence-electron chi connectivity index (χ4n) is 3.08. The van der Waals surface area contributed by atoms with E-state index in [0.717, 1.165) is 32.4 Å². The molecule has 6 heteroatoms. The molecule has 1 atom stereocenters.